The molecule has 118 valence electrons. The van der Waals surface area contributed by atoms with Gasteiger partial charge in [0.05, 0.1) is 0 Å². The van der Waals surface area contributed by atoms with Gasteiger partial charge in [-0.1, -0.05) is 6.92 Å². The maximum Gasteiger partial charge on any atom is 0.271 e. The molecule has 5 nitrogen and oxygen atoms in total. The van der Waals surface area contributed by atoms with Gasteiger partial charge in [0.15, 0.2) is 9.84 Å². The van der Waals surface area contributed by atoms with E-state index in [1.165, 1.54) is 4.90 Å². The van der Waals surface area contributed by atoms with Gasteiger partial charge in [0.2, 0.25) is 0 Å². The highest BCUT2D eigenvalue weighted by atomic mass is 79.9. The molecule has 0 aromatic carbocycles. The van der Waals surface area contributed by atoms with E-state index in [0.717, 1.165) is 10.2 Å². The molecule has 1 aliphatic rings. The SMILES string of the molecule is CCn1cc(Br)cc1C(=O)N1CCSCC1S(=O)(=O)CC. The van der Waals surface area contributed by atoms with Crippen LogP contribution in [-0.2, 0) is 16.4 Å². The number of carbonyl (C=O) groups excluding carboxylic acids is 1. The van der Waals surface area contributed by atoms with Crippen molar-refractivity contribution >= 4 is 43.4 Å². The summed E-state index contributed by atoms with van der Waals surface area (Å²) in [5, 5.41) is -0.715. The van der Waals surface area contributed by atoms with Crippen LogP contribution in [0.2, 0.25) is 0 Å². The molecule has 0 spiro atoms. The molecular formula is C13H19BrN2O3S2. The van der Waals surface area contributed by atoms with Crippen molar-refractivity contribution in [3.8, 4) is 0 Å². The molecule has 2 rings (SSSR count). The number of hydrogen-bond donors (Lipinski definition) is 0. The van der Waals surface area contributed by atoms with E-state index in [1.54, 1.807) is 24.8 Å². The van der Waals surface area contributed by atoms with Gasteiger partial charge in [-0.15, -0.1) is 0 Å². The van der Waals surface area contributed by atoms with Crippen LogP contribution in [0.1, 0.15) is 24.3 Å². The molecule has 0 saturated carbocycles. The minimum atomic E-state index is -3.27. The molecule has 1 amide bonds. The largest absolute Gasteiger partial charge is 0.343 e. The number of amides is 1. The van der Waals surface area contributed by atoms with Crippen molar-refractivity contribution in [2.45, 2.75) is 25.8 Å². The van der Waals surface area contributed by atoms with E-state index in [1.807, 2.05) is 17.7 Å². The number of rotatable bonds is 4. The van der Waals surface area contributed by atoms with Crippen LogP contribution < -0.4 is 0 Å². The van der Waals surface area contributed by atoms with E-state index >= 15 is 0 Å². The third kappa shape index (κ3) is 3.48. The molecule has 1 aromatic heterocycles. The molecule has 1 atom stereocenters. The standard InChI is InChI=1S/C13H19BrN2O3S2/c1-3-15-8-10(14)7-11(15)13(17)16-5-6-20-9-12(16)21(18,19)4-2/h7-8,12H,3-6,9H2,1-2H3. The van der Waals surface area contributed by atoms with Crippen molar-refractivity contribution in [1.29, 1.82) is 0 Å². The van der Waals surface area contributed by atoms with Gasteiger partial charge in [-0.25, -0.2) is 8.42 Å². The molecule has 2 heterocycles. The van der Waals surface area contributed by atoms with Crippen molar-refractivity contribution < 1.29 is 13.2 Å². The van der Waals surface area contributed by atoms with Crippen molar-refractivity contribution in [1.82, 2.24) is 9.47 Å². The molecular weight excluding hydrogens is 376 g/mol. The van der Waals surface area contributed by atoms with E-state index < -0.39 is 15.2 Å². The number of sulfone groups is 1. The first-order chi connectivity index (χ1) is 9.90. The number of nitrogens with zero attached hydrogens (tertiary/aromatic N) is 2. The van der Waals surface area contributed by atoms with Crippen LogP contribution >= 0.6 is 27.7 Å². The molecule has 0 aliphatic carbocycles. The Kier molecular flexibility index (Phi) is 5.43. The summed E-state index contributed by atoms with van der Waals surface area (Å²) in [6.07, 6.45) is 1.84. The molecule has 0 radical (unpaired) electrons. The first kappa shape index (κ1) is 16.9. The van der Waals surface area contributed by atoms with Crippen molar-refractivity contribution in [3.63, 3.8) is 0 Å². The van der Waals surface area contributed by atoms with E-state index in [2.05, 4.69) is 15.9 Å². The lowest BCUT2D eigenvalue weighted by atomic mass is 10.3. The van der Waals surface area contributed by atoms with Crippen LogP contribution in [0.25, 0.3) is 0 Å². The molecule has 1 aromatic rings. The number of carbonyl (C=O) groups is 1. The van der Waals surface area contributed by atoms with Crippen LogP contribution in [0.5, 0.6) is 0 Å². The quantitative estimate of drug-likeness (QED) is 0.785. The Labute approximate surface area is 138 Å². The fourth-order valence-electron chi connectivity index (χ4n) is 2.37. The van der Waals surface area contributed by atoms with E-state index in [4.69, 9.17) is 0 Å². The lowest BCUT2D eigenvalue weighted by Crippen LogP contribution is -2.51. The van der Waals surface area contributed by atoms with Crippen LogP contribution in [0.4, 0.5) is 0 Å². The maximum absolute atomic E-state index is 12.8. The highest BCUT2D eigenvalue weighted by molar-refractivity contribution is 9.10. The summed E-state index contributed by atoms with van der Waals surface area (Å²) in [6.45, 7) is 4.72. The lowest BCUT2D eigenvalue weighted by molar-refractivity contribution is 0.0738. The number of thioether (sulfide) groups is 1. The summed E-state index contributed by atoms with van der Waals surface area (Å²) in [4.78, 5) is 14.3. The Balaban J connectivity index is 2.35. The van der Waals surface area contributed by atoms with Crippen LogP contribution in [-0.4, -0.2) is 53.0 Å². The average molecular weight is 395 g/mol. The molecule has 1 fully saturated rings. The predicted octanol–water partition coefficient (Wildman–Crippen LogP) is 2.22. The molecule has 8 heteroatoms. The van der Waals surface area contributed by atoms with Crippen LogP contribution in [0, 0.1) is 0 Å². The second-order valence-electron chi connectivity index (χ2n) is 4.81. The normalized spacial score (nSPS) is 19.8. The highest BCUT2D eigenvalue weighted by Gasteiger charge is 2.36. The van der Waals surface area contributed by atoms with Gasteiger partial charge >= 0.3 is 0 Å². The zero-order valence-corrected chi connectivity index (χ0v) is 15.3. The fraction of sp³-hybridized carbons (Fsp3) is 0.615. The van der Waals surface area contributed by atoms with Crippen molar-refractivity contribution in [2.75, 3.05) is 23.8 Å². The molecule has 0 bridgehead atoms. The number of halogens is 1. The van der Waals surface area contributed by atoms with Gasteiger partial charge < -0.3 is 9.47 Å². The third-order valence-corrected chi connectivity index (χ3v) is 7.31. The Morgan fingerprint density at radius 2 is 2.19 bits per heavy atom. The topological polar surface area (TPSA) is 59.4 Å². The Morgan fingerprint density at radius 3 is 2.81 bits per heavy atom. The first-order valence-electron chi connectivity index (χ1n) is 6.86. The van der Waals surface area contributed by atoms with Gasteiger partial charge in [0.25, 0.3) is 5.91 Å². The minimum Gasteiger partial charge on any atom is -0.343 e. The number of aromatic nitrogens is 1. The van der Waals surface area contributed by atoms with E-state index in [-0.39, 0.29) is 11.7 Å². The summed E-state index contributed by atoms with van der Waals surface area (Å²) in [6, 6.07) is 1.75. The van der Waals surface area contributed by atoms with Gasteiger partial charge in [-0.2, -0.15) is 11.8 Å². The first-order valence-corrected chi connectivity index (χ1v) is 10.5. The van der Waals surface area contributed by atoms with Crippen molar-refractivity contribution in [2.24, 2.45) is 0 Å². The van der Waals surface area contributed by atoms with Gasteiger partial charge in [0, 0.05) is 41.0 Å². The Hall–Kier alpha value is -0.470. The van der Waals surface area contributed by atoms with Gasteiger partial charge in [-0.05, 0) is 28.9 Å². The fourth-order valence-corrected chi connectivity index (χ4v) is 5.80. The summed E-state index contributed by atoms with van der Waals surface area (Å²) in [5.74, 6) is 1.08. The zero-order valence-electron chi connectivity index (χ0n) is 12.1. The smallest absolute Gasteiger partial charge is 0.271 e. The molecule has 21 heavy (non-hydrogen) atoms. The number of hydrogen-bond acceptors (Lipinski definition) is 4. The molecule has 1 saturated heterocycles. The zero-order chi connectivity index (χ0) is 15.6. The number of aryl methyl sites for hydroxylation is 1. The summed E-state index contributed by atoms with van der Waals surface area (Å²) in [7, 11) is -3.27. The average Bonchev–Trinajstić information content (AvgIpc) is 2.87. The van der Waals surface area contributed by atoms with E-state index in [9.17, 15) is 13.2 Å². The Morgan fingerprint density at radius 1 is 1.48 bits per heavy atom. The maximum atomic E-state index is 12.8. The van der Waals surface area contributed by atoms with E-state index in [0.29, 0.717) is 24.5 Å². The third-order valence-electron chi connectivity index (χ3n) is 3.59. The van der Waals surface area contributed by atoms with Gasteiger partial charge in [-0.3, -0.25) is 4.79 Å². The summed E-state index contributed by atoms with van der Waals surface area (Å²) >= 11 is 4.96. The second-order valence-corrected chi connectivity index (χ2v) is 9.32. The molecule has 0 N–H and O–H groups in total. The van der Waals surface area contributed by atoms with Crippen LogP contribution in [0.3, 0.4) is 0 Å². The molecule has 1 aliphatic heterocycles. The monoisotopic (exact) mass is 394 g/mol. The second kappa shape index (κ2) is 6.75. The lowest BCUT2D eigenvalue weighted by Gasteiger charge is -2.34. The highest BCUT2D eigenvalue weighted by Crippen LogP contribution is 2.25. The van der Waals surface area contributed by atoms with Crippen molar-refractivity contribution in [3.05, 3.63) is 22.4 Å². The molecule has 1 unspecified atom stereocenters. The predicted molar refractivity (Wildman–Crippen MR) is 89.4 cm³/mol. The Bertz CT molecular complexity index is 627. The summed E-state index contributed by atoms with van der Waals surface area (Å²) < 4.78 is 27.1. The van der Waals surface area contributed by atoms with Crippen LogP contribution in [0.15, 0.2) is 16.7 Å². The summed E-state index contributed by atoms with van der Waals surface area (Å²) in [5.41, 5.74) is 0.535. The van der Waals surface area contributed by atoms with Gasteiger partial charge in [0.1, 0.15) is 11.1 Å². The minimum absolute atomic E-state index is 0.0560.